The molecular weight excluding hydrogens is 186 g/mol. The molecule has 2 rings (SSSR count). The van der Waals surface area contributed by atoms with E-state index in [1.807, 2.05) is 6.20 Å². The van der Waals surface area contributed by atoms with E-state index in [2.05, 4.69) is 29.1 Å². The van der Waals surface area contributed by atoms with Gasteiger partial charge in [0.05, 0.1) is 6.33 Å². The Balaban J connectivity index is 1.95. The standard InChI is InChI=1S/C12H21N3/c1-3-14-10-4-5-11(9(2)6-10)12-7-13-8-15-12/h7-11,14H,3-6H2,1-2H3,(H,13,15). The van der Waals surface area contributed by atoms with Gasteiger partial charge in [-0.05, 0) is 31.7 Å². The maximum atomic E-state index is 4.12. The summed E-state index contributed by atoms with van der Waals surface area (Å²) in [6.07, 6.45) is 7.63. The average Bonchev–Trinajstić information content (AvgIpc) is 2.71. The maximum absolute atomic E-state index is 4.12. The van der Waals surface area contributed by atoms with Crippen molar-refractivity contribution in [3.05, 3.63) is 18.2 Å². The van der Waals surface area contributed by atoms with Crippen molar-refractivity contribution in [3.8, 4) is 0 Å². The zero-order valence-electron chi connectivity index (χ0n) is 9.66. The lowest BCUT2D eigenvalue weighted by molar-refractivity contribution is 0.265. The molecule has 15 heavy (non-hydrogen) atoms. The summed E-state index contributed by atoms with van der Waals surface area (Å²) in [5.74, 6) is 1.44. The van der Waals surface area contributed by atoms with Gasteiger partial charge in [0.15, 0.2) is 0 Å². The van der Waals surface area contributed by atoms with Gasteiger partial charge in [0.25, 0.3) is 0 Å². The number of aromatic amines is 1. The van der Waals surface area contributed by atoms with Crippen molar-refractivity contribution < 1.29 is 0 Å². The summed E-state index contributed by atoms with van der Waals surface area (Å²) in [5, 5.41) is 3.55. The minimum Gasteiger partial charge on any atom is -0.348 e. The third-order valence-corrected chi connectivity index (χ3v) is 3.58. The van der Waals surface area contributed by atoms with Crippen molar-refractivity contribution in [2.45, 2.75) is 45.1 Å². The van der Waals surface area contributed by atoms with Crippen LogP contribution in [0.2, 0.25) is 0 Å². The molecule has 0 aromatic carbocycles. The predicted molar refractivity (Wildman–Crippen MR) is 61.8 cm³/mol. The zero-order valence-corrected chi connectivity index (χ0v) is 9.66. The van der Waals surface area contributed by atoms with Gasteiger partial charge in [-0.25, -0.2) is 4.98 Å². The van der Waals surface area contributed by atoms with Crippen LogP contribution in [-0.4, -0.2) is 22.6 Å². The molecule has 3 atom stereocenters. The van der Waals surface area contributed by atoms with Crippen molar-refractivity contribution in [2.24, 2.45) is 5.92 Å². The van der Waals surface area contributed by atoms with Crippen molar-refractivity contribution in [1.29, 1.82) is 0 Å². The highest BCUT2D eigenvalue weighted by atomic mass is 14.9. The molecule has 2 N–H and O–H groups in total. The first-order valence-corrected chi connectivity index (χ1v) is 6.03. The lowest BCUT2D eigenvalue weighted by Gasteiger charge is -2.33. The summed E-state index contributed by atoms with van der Waals surface area (Å²) >= 11 is 0. The summed E-state index contributed by atoms with van der Waals surface area (Å²) in [6, 6.07) is 0.726. The quantitative estimate of drug-likeness (QED) is 0.798. The topological polar surface area (TPSA) is 40.7 Å². The van der Waals surface area contributed by atoms with Gasteiger partial charge in [-0.2, -0.15) is 0 Å². The van der Waals surface area contributed by atoms with E-state index in [1.54, 1.807) is 6.33 Å². The normalized spacial score (nSPS) is 31.7. The van der Waals surface area contributed by atoms with E-state index < -0.39 is 0 Å². The van der Waals surface area contributed by atoms with Crippen LogP contribution < -0.4 is 5.32 Å². The Hall–Kier alpha value is -0.830. The van der Waals surface area contributed by atoms with Crippen molar-refractivity contribution in [3.63, 3.8) is 0 Å². The third kappa shape index (κ3) is 2.40. The fraction of sp³-hybridized carbons (Fsp3) is 0.750. The van der Waals surface area contributed by atoms with Crippen molar-refractivity contribution in [2.75, 3.05) is 6.54 Å². The number of nitrogens with zero attached hydrogens (tertiary/aromatic N) is 1. The second kappa shape index (κ2) is 4.79. The largest absolute Gasteiger partial charge is 0.348 e. The van der Waals surface area contributed by atoms with Crippen LogP contribution >= 0.6 is 0 Å². The van der Waals surface area contributed by atoms with E-state index in [-0.39, 0.29) is 0 Å². The van der Waals surface area contributed by atoms with Crippen LogP contribution in [0.5, 0.6) is 0 Å². The number of hydrogen-bond acceptors (Lipinski definition) is 2. The predicted octanol–water partition coefficient (Wildman–Crippen LogP) is 2.29. The maximum Gasteiger partial charge on any atom is 0.0921 e. The Morgan fingerprint density at radius 3 is 3.00 bits per heavy atom. The number of nitrogens with one attached hydrogen (secondary N) is 2. The molecule has 3 unspecified atom stereocenters. The van der Waals surface area contributed by atoms with Crippen LogP contribution in [0.3, 0.4) is 0 Å². The molecule has 3 heteroatoms. The molecule has 1 heterocycles. The lowest BCUT2D eigenvalue weighted by atomic mass is 9.76. The van der Waals surface area contributed by atoms with E-state index in [9.17, 15) is 0 Å². The van der Waals surface area contributed by atoms with E-state index in [0.29, 0.717) is 5.92 Å². The van der Waals surface area contributed by atoms with Gasteiger partial charge in [-0.3, -0.25) is 0 Å². The first-order valence-electron chi connectivity index (χ1n) is 6.03. The molecule has 1 aliphatic rings. The summed E-state index contributed by atoms with van der Waals surface area (Å²) in [4.78, 5) is 7.37. The highest BCUT2D eigenvalue weighted by Crippen LogP contribution is 2.36. The van der Waals surface area contributed by atoms with Gasteiger partial charge in [0.1, 0.15) is 0 Å². The highest BCUT2D eigenvalue weighted by Gasteiger charge is 2.28. The van der Waals surface area contributed by atoms with Crippen molar-refractivity contribution >= 4 is 0 Å². The molecule has 84 valence electrons. The Morgan fingerprint density at radius 2 is 2.40 bits per heavy atom. The molecule has 3 nitrogen and oxygen atoms in total. The summed E-state index contributed by atoms with van der Waals surface area (Å²) in [5.41, 5.74) is 1.32. The minimum absolute atomic E-state index is 0.683. The second-order valence-corrected chi connectivity index (χ2v) is 4.66. The van der Waals surface area contributed by atoms with Crippen LogP contribution in [0.25, 0.3) is 0 Å². The first kappa shape index (κ1) is 10.7. The first-order chi connectivity index (χ1) is 7.31. The Labute approximate surface area is 91.7 Å². The smallest absolute Gasteiger partial charge is 0.0921 e. The SMILES string of the molecule is CCNC1CCC(c2cnc[nH]2)C(C)C1. The Bertz CT molecular complexity index is 281. The number of H-pyrrole nitrogens is 1. The fourth-order valence-corrected chi connectivity index (χ4v) is 2.80. The van der Waals surface area contributed by atoms with Gasteiger partial charge >= 0.3 is 0 Å². The average molecular weight is 207 g/mol. The van der Waals surface area contributed by atoms with E-state index in [4.69, 9.17) is 0 Å². The molecule has 1 fully saturated rings. The third-order valence-electron chi connectivity index (χ3n) is 3.58. The lowest BCUT2D eigenvalue weighted by Crippen LogP contribution is -2.36. The van der Waals surface area contributed by atoms with Crippen LogP contribution in [0.15, 0.2) is 12.5 Å². The van der Waals surface area contributed by atoms with Crippen molar-refractivity contribution in [1.82, 2.24) is 15.3 Å². The molecule has 1 aromatic heterocycles. The molecule has 0 spiro atoms. The minimum atomic E-state index is 0.683. The van der Waals surface area contributed by atoms with Crippen LogP contribution in [0.4, 0.5) is 0 Å². The molecule has 1 aliphatic carbocycles. The van der Waals surface area contributed by atoms with Gasteiger partial charge in [0.2, 0.25) is 0 Å². The molecule has 0 bridgehead atoms. The fourth-order valence-electron chi connectivity index (χ4n) is 2.80. The Kier molecular flexibility index (Phi) is 3.41. The molecule has 1 saturated carbocycles. The molecule has 0 radical (unpaired) electrons. The van der Waals surface area contributed by atoms with Crippen LogP contribution in [0, 0.1) is 5.92 Å². The molecule has 0 amide bonds. The summed E-state index contributed by atoms with van der Waals surface area (Å²) in [6.45, 7) is 5.63. The van der Waals surface area contributed by atoms with Crippen LogP contribution in [-0.2, 0) is 0 Å². The number of imidazole rings is 1. The van der Waals surface area contributed by atoms with Gasteiger partial charge in [-0.1, -0.05) is 13.8 Å². The number of hydrogen-bond donors (Lipinski definition) is 2. The number of rotatable bonds is 3. The van der Waals surface area contributed by atoms with Crippen LogP contribution in [0.1, 0.15) is 44.7 Å². The van der Waals surface area contributed by atoms with E-state index in [1.165, 1.54) is 25.0 Å². The highest BCUT2D eigenvalue weighted by molar-refractivity contribution is 5.07. The number of aromatic nitrogens is 2. The molecule has 0 aliphatic heterocycles. The summed E-state index contributed by atoms with van der Waals surface area (Å²) in [7, 11) is 0. The second-order valence-electron chi connectivity index (χ2n) is 4.66. The summed E-state index contributed by atoms with van der Waals surface area (Å²) < 4.78 is 0. The Morgan fingerprint density at radius 1 is 1.53 bits per heavy atom. The van der Waals surface area contributed by atoms with Gasteiger partial charge < -0.3 is 10.3 Å². The molecular formula is C12H21N3. The van der Waals surface area contributed by atoms with Gasteiger partial charge in [0, 0.05) is 23.9 Å². The monoisotopic (exact) mass is 207 g/mol. The van der Waals surface area contributed by atoms with E-state index >= 15 is 0 Å². The van der Waals surface area contributed by atoms with E-state index in [0.717, 1.165) is 18.5 Å². The molecule has 0 saturated heterocycles. The van der Waals surface area contributed by atoms with Gasteiger partial charge in [-0.15, -0.1) is 0 Å². The zero-order chi connectivity index (χ0) is 10.7. The molecule has 1 aromatic rings.